The molecule has 0 atom stereocenters. The summed E-state index contributed by atoms with van der Waals surface area (Å²) in [5.74, 6) is 0.326. The molecule has 5 heteroatoms. The molecule has 28 heavy (non-hydrogen) atoms. The SMILES string of the molecule is N#C/C(=C\c1cccc(OCCc2ccccc2)c1)C(=O)NCc1cccs1. The molecule has 4 nitrogen and oxygen atoms in total. The van der Waals surface area contributed by atoms with Gasteiger partial charge in [0, 0.05) is 11.3 Å². The van der Waals surface area contributed by atoms with Gasteiger partial charge in [0.05, 0.1) is 13.2 Å². The second kappa shape index (κ2) is 10.1. The van der Waals surface area contributed by atoms with Crippen LogP contribution in [-0.2, 0) is 17.8 Å². The third-order valence-corrected chi connectivity index (χ3v) is 4.92. The highest BCUT2D eigenvalue weighted by molar-refractivity contribution is 7.09. The maximum Gasteiger partial charge on any atom is 0.262 e. The van der Waals surface area contributed by atoms with Crippen molar-refractivity contribution in [3.63, 3.8) is 0 Å². The molecule has 0 fully saturated rings. The van der Waals surface area contributed by atoms with E-state index in [1.807, 2.05) is 66.0 Å². The van der Waals surface area contributed by atoms with Gasteiger partial charge in [-0.1, -0.05) is 48.5 Å². The third-order valence-electron chi connectivity index (χ3n) is 4.04. The van der Waals surface area contributed by atoms with Crippen molar-refractivity contribution in [2.45, 2.75) is 13.0 Å². The Hall–Kier alpha value is -3.36. The van der Waals surface area contributed by atoms with Gasteiger partial charge in [-0.2, -0.15) is 5.26 Å². The van der Waals surface area contributed by atoms with Gasteiger partial charge in [-0.15, -0.1) is 11.3 Å². The molecular formula is C23H20N2O2S. The Labute approximate surface area is 168 Å². The summed E-state index contributed by atoms with van der Waals surface area (Å²) in [5.41, 5.74) is 2.03. The number of hydrogen-bond acceptors (Lipinski definition) is 4. The lowest BCUT2D eigenvalue weighted by Crippen LogP contribution is -2.23. The Morgan fingerprint density at radius 2 is 1.96 bits per heavy atom. The third kappa shape index (κ3) is 5.83. The summed E-state index contributed by atoms with van der Waals surface area (Å²) in [6, 6.07) is 23.4. The summed E-state index contributed by atoms with van der Waals surface area (Å²) in [4.78, 5) is 13.3. The molecule has 1 N–H and O–H groups in total. The fourth-order valence-electron chi connectivity index (χ4n) is 2.62. The van der Waals surface area contributed by atoms with Crippen molar-refractivity contribution in [1.82, 2.24) is 5.32 Å². The minimum atomic E-state index is -0.383. The van der Waals surface area contributed by atoms with Crippen LogP contribution in [0.2, 0.25) is 0 Å². The monoisotopic (exact) mass is 388 g/mol. The molecule has 0 aliphatic heterocycles. The molecule has 2 aromatic carbocycles. The van der Waals surface area contributed by atoms with Gasteiger partial charge in [-0.3, -0.25) is 4.79 Å². The van der Waals surface area contributed by atoms with Gasteiger partial charge in [0.15, 0.2) is 0 Å². The number of rotatable bonds is 8. The van der Waals surface area contributed by atoms with E-state index >= 15 is 0 Å². The van der Waals surface area contributed by atoms with Crippen LogP contribution >= 0.6 is 11.3 Å². The molecule has 140 valence electrons. The van der Waals surface area contributed by atoms with Gasteiger partial charge in [-0.25, -0.2) is 0 Å². The average molecular weight is 388 g/mol. The zero-order valence-corrected chi connectivity index (χ0v) is 16.1. The number of ether oxygens (including phenoxy) is 1. The smallest absolute Gasteiger partial charge is 0.262 e. The molecule has 3 rings (SSSR count). The van der Waals surface area contributed by atoms with Crippen molar-refractivity contribution < 1.29 is 9.53 Å². The van der Waals surface area contributed by atoms with Gasteiger partial charge in [0.1, 0.15) is 17.4 Å². The van der Waals surface area contributed by atoms with E-state index < -0.39 is 0 Å². The number of nitrogens with zero attached hydrogens (tertiary/aromatic N) is 1. The standard InChI is InChI=1S/C23H20N2O2S/c24-16-20(23(26)25-17-22-10-5-13-28-22)14-19-8-4-9-21(15-19)27-12-11-18-6-2-1-3-7-18/h1-10,13-15H,11-12,17H2,(H,25,26)/b20-14+. The predicted octanol–water partition coefficient (Wildman–Crippen LogP) is 4.59. The van der Waals surface area contributed by atoms with Gasteiger partial charge >= 0.3 is 0 Å². The van der Waals surface area contributed by atoms with Crippen molar-refractivity contribution in [3.05, 3.63) is 93.7 Å². The predicted molar refractivity (Wildman–Crippen MR) is 112 cm³/mol. The maximum atomic E-state index is 12.3. The molecule has 3 aromatic rings. The molecular weight excluding hydrogens is 368 g/mol. The molecule has 1 aromatic heterocycles. The molecule has 1 amide bonds. The van der Waals surface area contributed by atoms with Crippen molar-refractivity contribution in [3.8, 4) is 11.8 Å². The number of nitrogens with one attached hydrogen (secondary N) is 1. The van der Waals surface area contributed by atoms with Crippen LogP contribution < -0.4 is 10.1 Å². The molecule has 0 spiro atoms. The van der Waals surface area contributed by atoms with E-state index in [0.717, 1.165) is 16.9 Å². The number of carbonyl (C=O) groups is 1. The van der Waals surface area contributed by atoms with Crippen molar-refractivity contribution in [1.29, 1.82) is 5.26 Å². The van der Waals surface area contributed by atoms with Gasteiger partial charge < -0.3 is 10.1 Å². The summed E-state index contributed by atoms with van der Waals surface area (Å²) < 4.78 is 5.81. The van der Waals surface area contributed by atoms with Gasteiger partial charge in [-0.05, 0) is 40.8 Å². The summed E-state index contributed by atoms with van der Waals surface area (Å²) in [6.07, 6.45) is 2.39. The van der Waals surface area contributed by atoms with Crippen molar-refractivity contribution >= 4 is 23.3 Å². The van der Waals surface area contributed by atoms with Gasteiger partial charge in [0.2, 0.25) is 0 Å². The van der Waals surface area contributed by atoms with Crippen LogP contribution in [0.25, 0.3) is 6.08 Å². The van der Waals surface area contributed by atoms with Crippen molar-refractivity contribution in [2.75, 3.05) is 6.61 Å². The molecule has 1 heterocycles. The van der Waals surface area contributed by atoms with E-state index in [0.29, 0.717) is 18.9 Å². The minimum absolute atomic E-state index is 0.0676. The van der Waals surface area contributed by atoms with E-state index in [1.165, 1.54) is 5.56 Å². The highest BCUT2D eigenvalue weighted by Crippen LogP contribution is 2.17. The number of amides is 1. The maximum absolute atomic E-state index is 12.3. The second-order valence-electron chi connectivity index (χ2n) is 6.09. The lowest BCUT2D eigenvalue weighted by Gasteiger charge is -2.07. The van der Waals surface area contributed by atoms with Crippen LogP contribution in [0.1, 0.15) is 16.0 Å². The lowest BCUT2D eigenvalue weighted by molar-refractivity contribution is -0.117. The zero-order valence-electron chi connectivity index (χ0n) is 15.3. The van der Waals surface area contributed by atoms with E-state index in [-0.39, 0.29) is 11.5 Å². The van der Waals surface area contributed by atoms with Crippen LogP contribution in [-0.4, -0.2) is 12.5 Å². The molecule has 0 saturated heterocycles. The Balaban J connectivity index is 1.59. The quantitative estimate of drug-likeness (QED) is 0.453. The lowest BCUT2D eigenvalue weighted by atomic mass is 10.1. The number of thiophene rings is 1. The average Bonchev–Trinajstić information content (AvgIpc) is 3.25. The van der Waals surface area contributed by atoms with Gasteiger partial charge in [0.25, 0.3) is 5.91 Å². The zero-order chi connectivity index (χ0) is 19.6. The summed E-state index contributed by atoms with van der Waals surface area (Å²) >= 11 is 1.56. The molecule has 0 aliphatic carbocycles. The number of carbonyl (C=O) groups excluding carboxylic acids is 1. The molecule has 0 saturated carbocycles. The fraction of sp³-hybridized carbons (Fsp3) is 0.130. The second-order valence-corrected chi connectivity index (χ2v) is 7.12. The summed E-state index contributed by atoms with van der Waals surface area (Å²) in [6.45, 7) is 0.974. The van der Waals surface area contributed by atoms with E-state index in [9.17, 15) is 10.1 Å². The van der Waals surface area contributed by atoms with Crippen molar-refractivity contribution in [2.24, 2.45) is 0 Å². The number of hydrogen-bond donors (Lipinski definition) is 1. The first-order chi connectivity index (χ1) is 13.7. The van der Waals surface area contributed by atoms with E-state index in [2.05, 4.69) is 17.4 Å². The first-order valence-electron chi connectivity index (χ1n) is 8.94. The van der Waals surface area contributed by atoms with Crippen LogP contribution in [0.4, 0.5) is 0 Å². The molecule has 0 unspecified atom stereocenters. The number of benzene rings is 2. The topological polar surface area (TPSA) is 62.1 Å². The Morgan fingerprint density at radius 1 is 1.11 bits per heavy atom. The Morgan fingerprint density at radius 3 is 2.71 bits per heavy atom. The minimum Gasteiger partial charge on any atom is -0.493 e. The van der Waals surface area contributed by atoms with E-state index in [4.69, 9.17) is 4.74 Å². The Bertz CT molecular complexity index is 973. The summed E-state index contributed by atoms with van der Waals surface area (Å²) in [7, 11) is 0. The van der Waals surface area contributed by atoms with Crippen LogP contribution in [0.15, 0.2) is 77.7 Å². The first-order valence-corrected chi connectivity index (χ1v) is 9.82. The molecule has 0 bridgehead atoms. The van der Waals surface area contributed by atoms with Crippen LogP contribution in [0, 0.1) is 11.3 Å². The highest BCUT2D eigenvalue weighted by Gasteiger charge is 2.09. The largest absolute Gasteiger partial charge is 0.493 e. The first kappa shape index (κ1) is 19.4. The van der Waals surface area contributed by atoms with Crippen LogP contribution in [0.3, 0.4) is 0 Å². The summed E-state index contributed by atoms with van der Waals surface area (Å²) in [5, 5.41) is 14.1. The normalized spacial score (nSPS) is 10.9. The Kier molecular flexibility index (Phi) is 7.00. The van der Waals surface area contributed by atoms with E-state index in [1.54, 1.807) is 17.4 Å². The fourth-order valence-corrected chi connectivity index (χ4v) is 3.26. The number of nitriles is 1. The molecule has 0 aliphatic rings. The highest BCUT2D eigenvalue weighted by atomic mass is 32.1. The molecule has 0 radical (unpaired) electrons. The van der Waals surface area contributed by atoms with Crippen LogP contribution in [0.5, 0.6) is 5.75 Å².